The number of amides is 1. The van der Waals surface area contributed by atoms with Crippen LogP contribution in [0.4, 0.5) is 5.69 Å². The van der Waals surface area contributed by atoms with Crippen molar-refractivity contribution in [1.29, 1.82) is 0 Å². The van der Waals surface area contributed by atoms with Crippen LogP contribution in [0.1, 0.15) is 18.1 Å². The maximum atomic E-state index is 12.0. The molecule has 3 nitrogen and oxygen atoms in total. The molecule has 0 spiro atoms. The number of benzene rings is 1. The molecule has 5 heteroatoms. The number of carbonyl (C=O) groups excluding carboxylic acids is 1. The number of anilines is 1. The summed E-state index contributed by atoms with van der Waals surface area (Å²) < 4.78 is 0.678. The molecule has 0 bridgehead atoms. The third kappa shape index (κ3) is 5.91. The van der Waals surface area contributed by atoms with Crippen molar-refractivity contribution in [2.45, 2.75) is 20.8 Å². The molecule has 0 heterocycles. The quantitative estimate of drug-likeness (QED) is 0.824. The molecule has 1 amide bonds. The van der Waals surface area contributed by atoms with Crippen LogP contribution in [0.2, 0.25) is 5.02 Å². The first kappa shape index (κ1) is 19.0. The van der Waals surface area contributed by atoms with Crippen LogP contribution in [0, 0.1) is 13.8 Å². The van der Waals surface area contributed by atoms with Crippen molar-refractivity contribution in [3.8, 4) is 0 Å². The molecule has 1 rings (SSSR count). The van der Waals surface area contributed by atoms with Gasteiger partial charge in [-0.3, -0.25) is 4.79 Å². The maximum absolute atomic E-state index is 12.0. The van der Waals surface area contributed by atoms with Crippen molar-refractivity contribution in [3.05, 3.63) is 28.3 Å². The van der Waals surface area contributed by atoms with Gasteiger partial charge in [0.1, 0.15) is 0 Å². The van der Waals surface area contributed by atoms with Gasteiger partial charge in [0.05, 0.1) is 20.6 Å². The zero-order valence-electron chi connectivity index (χ0n) is 12.4. The predicted molar refractivity (Wildman–Crippen MR) is 77.1 cm³/mol. The van der Waals surface area contributed by atoms with Gasteiger partial charge >= 0.3 is 0 Å². The van der Waals surface area contributed by atoms with Crippen LogP contribution in [0.5, 0.6) is 0 Å². The summed E-state index contributed by atoms with van der Waals surface area (Å²) in [5.41, 5.74) is 2.87. The molecule has 103 valence electrons. The summed E-state index contributed by atoms with van der Waals surface area (Å²) in [5, 5.41) is 3.68. The number of likely N-dealkylation sites (N-methyl/N-ethyl adjacent to an activating group) is 1. The Balaban J connectivity index is 0.00000324. The molecular formula is C14H22ClN2OY+. The minimum absolute atomic E-state index is 0. The number of hydrogen-bond donors (Lipinski definition) is 1. The Hall–Kier alpha value is 0.0439. The Morgan fingerprint density at radius 3 is 2.16 bits per heavy atom. The Bertz CT molecular complexity index is 438. The van der Waals surface area contributed by atoms with Crippen molar-refractivity contribution < 1.29 is 42.0 Å². The first-order valence-corrected chi connectivity index (χ1v) is 6.51. The van der Waals surface area contributed by atoms with Crippen molar-refractivity contribution >= 4 is 23.2 Å². The van der Waals surface area contributed by atoms with Crippen LogP contribution in [0.3, 0.4) is 0 Å². The van der Waals surface area contributed by atoms with Crippen molar-refractivity contribution in [1.82, 2.24) is 0 Å². The average molecular weight is 359 g/mol. The van der Waals surface area contributed by atoms with Gasteiger partial charge in [-0.25, -0.2) is 0 Å². The van der Waals surface area contributed by atoms with E-state index in [1.165, 1.54) is 0 Å². The summed E-state index contributed by atoms with van der Waals surface area (Å²) in [6.45, 7) is 7.37. The molecule has 1 radical (unpaired) electrons. The first-order chi connectivity index (χ1) is 8.25. The van der Waals surface area contributed by atoms with E-state index < -0.39 is 0 Å². The summed E-state index contributed by atoms with van der Waals surface area (Å²) in [4.78, 5) is 12.0. The van der Waals surface area contributed by atoms with Gasteiger partial charge in [-0.05, 0) is 44.0 Å². The van der Waals surface area contributed by atoms with Gasteiger partial charge in [-0.2, -0.15) is 0 Å². The molecule has 0 unspecified atom stereocenters. The molecule has 1 aromatic rings. The number of nitrogens with one attached hydrogen (secondary N) is 1. The van der Waals surface area contributed by atoms with E-state index in [1.807, 2.05) is 40.1 Å². The third-order valence-corrected chi connectivity index (χ3v) is 3.41. The van der Waals surface area contributed by atoms with Gasteiger partial charge in [0.2, 0.25) is 0 Å². The summed E-state index contributed by atoms with van der Waals surface area (Å²) in [7, 11) is 4.09. The normalized spacial score (nSPS) is 10.8. The second-order valence-electron chi connectivity index (χ2n) is 5.37. The SMILES string of the molecule is CC[N+](C)(C)CC(=O)Nc1c(C)cc(Cl)cc1C.[Y]. The first-order valence-electron chi connectivity index (χ1n) is 6.14. The van der Waals surface area contributed by atoms with Crippen LogP contribution >= 0.6 is 11.6 Å². The number of halogens is 1. The van der Waals surface area contributed by atoms with E-state index in [9.17, 15) is 4.79 Å². The second-order valence-corrected chi connectivity index (χ2v) is 5.81. The number of hydrogen-bond acceptors (Lipinski definition) is 1. The van der Waals surface area contributed by atoms with E-state index in [0.717, 1.165) is 23.4 Å². The van der Waals surface area contributed by atoms with Crippen LogP contribution in [-0.2, 0) is 37.5 Å². The molecule has 1 aromatic carbocycles. The topological polar surface area (TPSA) is 29.1 Å². The van der Waals surface area contributed by atoms with Crippen LogP contribution in [-0.4, -0.2) is 37.6 Å². The van der Waals surface area contributed by atoms with Crippen LogP contribution in [0.15, 0.2) is 12.1 Å². The standard InChI is InChI=1S/C14H21ClN2O.Y/c1-6-17(4,5)9-13(18)16-14-10(2)7-12(15)8-11(14)3;/h7-8H,6,9H2,1-5H3;/p+1. The summed E-state index contributed by atoms with van der Waals surface area (Å²) in [6.07, 6.45) is 0. The van der Waals surface area contributed by atoms with Gasteiger partial charge in [0, 0.05) is 43.4 Å². The number of aryl methyl sites for hydroxylation is 2. The molecule has 0 saturated heterocycles. The number of quaternary nitrogens is 1. The van der Waals surface area contributed by atoms with Gasteiger partial charge in [0.25, 0.3) is 5.91 Å². The van der Waals surface area contributed by atoms with Crippen molar-refractivity contribution in [2.24, 2.45) is 0 Å². The second kappa shape index (κ2) is 7.73. The number of rotatable bonds is 4. The predicted octanol–water partition coefficient (Wildman–Crippen LogP) is 2.99. The Morgan fingerprint density at radius 2 is 1.74 bits per heavy atom. The molecule has 19 heavy (non-hydrogen) atoms. The average Bonchev–Trinajstić information content (AvgIpc) is 2.22. The Kier molecular flexibility index (Phi) is 7.75. The van der Waals surface area contributed by atoms with Gasteiger partial charge < -0.3 is 9.80 Å². The summed E-state index contributed by atoms with van der Waals surface area (Å²) in [5.74, 6) is 0.0374. The molecule has 0 saturated carbocycles. The molecule has 0 aliphatic rings. The van der Waals surface area contributed by atoms with Gasteiger partial charge in [0.15, 0.2) is 6.54 Å². The largest absolute Gasteiger partial charge is 0.321 e. The zero-order chi connectivity index (χ0) is 13.9. The van der Waals surface area contributed by atoms with E-state index >= 15 is 0 Å². The third-order valence-electron chi connectivity index (χ3n) is 3.19. The monoisotopic (exact) mass is 358 g/mol. The maximum Gasteiger partial charge on any atom is 0.279 e. The fourth-order valence-electron chi connectivity index (χ4n) is 1.79. The van der Waals surface area contributed by atoms with Crippen LogP contribution in [0.25, 0.3) is 0 Å². The van der Waals surface area contributed by atoms with Crippen LogP contribution < -0.4 is 5.32 Å². The van der Waals surface area contributed by atoms with Crippen molar-refractivity contribution in [3.63, 3.8) is 0 Å². The van der Waals surface area contributed by atoms with Gasteiger partial charge in [-0.15, -0.1) is 0 Å². The minimum atomic E-state index is 0. The van der Waals surface area contributed by atoms with E-state index in [-0.39, 0.29) is 38.6 Å². The van der Waals surface area contributed by atoms with E-state index in [2.05, 4.69) is 12.2 Å². The zero-order valence-corrected chi connectivity index (χ0v) is 16.0. The molecular weight excluding hydrogens is 337 g/mol. The Morgan fingerprint density at radius 1 is 1.26 bits per heavy atom. The van der Waals surface area contributed by atoms with E-state index in [0.29, 0.717) is 16.1 Å². The number of nitrogens with zero attached hydrogens (tertiary/aromatic N) is 1. The molecule has 0 aliphatic carbocycles. The molecule has 1 N–H and O–H groups in total. The molecule has 0 atom stereocenters. The smallest absolute Gasteiger partial charge is 0.279 e. The fraction of sp³-hybridized carbons (Fsp3) is 0.500. The Labute approximate surface area is 146 Å². The molecule has 0 fully saturated rings. The summed E-state index contributed by atoms with van der Waals surface area (Å²) >= 11 is 5.97. The minimum Gasteiger partial charge on any atom is -0.321 e. The summed E-state index contributed by atoms with van der Waals surface area (Å²) in [6, 6.07) is 3.73. The van der Waals surface area contributed by atoms with Crippen molar-refractivity contribution in [2.75, 3.05) is 32.5 Å². The molecule has 0 aromatic heterocycles. The number of carbonyl (C=O) groups is 1. The van der Waals surface area contributed by atoms with E-state index in [4.69, 9.17) is 11.6 Å². The van der Waals surface area contributed by atoms with E-state index in [1.54, 1.807) is 0 Å². The molecule has 0 aliphatic heterocycles. The fourth-order valence-corrected chi connectivity index (χ4v) is 2.11. The van der Waals surface area contributed by atoms with Gasteiger partial charge in [-0.1, -0.05) is 11.6 Å².